The van der Waals surface area contributed by atoms with Gasteiger partial charge in [0.15, 0.2) is 0 Å². The summed E-state index contributed by atoms with van der Waals surface area (Å²) in [7, 11) is 5.38. The molecule has 3 atom stereocenters. The van der Waals surface area contributed by atoms with E-state index in [1.165, 1.54) is 18.2 Å². The number of hydrogen-bond acceptors (Lipinski definition) is 6. The second-order valence-corrected chi connectivity index (χ2v) is 9.65. The summed E-state index contributed by atoms with van der Waals surface area (Å²) >= 11 is 0. The minimum atomic E-state index is -0.509. The van der Waals surface area contributed by atoms with Crippen molar-refractivity contribution in [2.45, 2.75) is 44.9 Å². The second-order valence-electron chi connectivity index (χ2n) is 9.65. The lowest BCUT2D eigenvalue weighted by Gasteiger charge is -2.54. The van der Waals surface area contributed by atoms with E-state index in [9.17, 15) is 4.79 Å². The smallest absolute Gasteiger partial charge is 0.311 e. The van der Waals surface area contributed by atoms with Gasteiger partial charge < -0.3 is 14.4 Å². The number of nitrogens with zero attached hydrogens (tertiary/aromatic N) is 3. The summed E-state index contributed by atoms with van der Waals surface area (Å²) < 4.78 is 10.9. The Morgan fingerprint density at radius 2 is 1.87 bits per heavy atom. The topological polar surface area (TPSA) is 54.4 Å². The Bertz CT molecular complexity index is 846. The first-order chi connectivity index (χ1) is 14.3. The first kappa shape index (κ1) is 21.2. The van der Waals surface area contributed by atoms with Crippen molar-refractivity contribution in [3.05, 3.63) is 29.3 Å². The van der Waals surface area contributed by atoms with Gasteiger partial charge in [0.05, 0.1) is 25.3 Å². The third-order valence-electron chi connectivity index (χ3n) is 7.87. The van der Waals surface area contributed by atoms with E-state index in [0.717, 1.165) is 63.3 Å². The predicted octanol–water partition coefficient (Wildman–Crippen LogP) is 3.29. The van der Waals surface area contributed by atoms with Gasteiger partial charge in [-0.05, 0) is 68.3 Å². The lowest BCUT2D eigenvalue weighted by Crippen LogP contribution is -2.54. The van der Waals surface area contributed by atoms with E-state index >= 15 is 0 Å². The Balaban J connectivity index is 1.82. The van der Waals surface area contributed by atoms with Crippen LogP contribution in [-0.4, -0.2) is 69.0 Å². The highest BCUT2D eigenvalue weighted by molar-refractivity contribution is 6.04. The van der Waals surface area contributed by atoms with E-state index in [-0.39, 0.29) is 17.3 Å². The molecule has 2 aliphatic carbocycles. The average Bonchev–Trinajstić information content (AvgIpc) is 2.75. The molecule has 1 saturated heterocycles. The van der Waals surface area contributed by atoms with Crippen LogP contribution in [0.2, 0.25) is 0 Å². The number of carbonyl (C=O) groups excluding carboxylic acids is 1. The number of benzene rings is 1. The Morgan fingerprint density at radius 3 is 2.53 bits per heavy atom. The van der Waals surface area contributed by atoms with E-state index in [4.69, 9.17) is 14.6 Å². The van der Waals surface area contributed by atoms with Crippen LogP contribution in [0.1, 0.15) is 50.7 Å². The number of hydrogen-bond donors (Lipinski definition) is 0. The summed E-state index contributed by atoms with van der Waals surface area (Å²) in [6, 6.07) is 6.36. The standard InChI is InChI=1S/C24H35N3O3/c1-23-9-6-10-24(2,22(28)30-5)21(23)16-20(25-27-13-11-26(3)12-14-27)18-8-7-17(29-4)15-19(18)23/h7-8,15,21H,6,9-14,16H2,1-5H3. The van der Waals surface area contributed by atoms with Crippen molar-refractivity contribution in [3.8, 4) is 5.75 Å². The van der Waals surface area contributed by atoms with Crippen molar-refractivity contribution in [2.24, 2.45) is 16.4 Å². The molecule has 164 valence electrons. The fraction of sp³-hybridized carbons (Fsp3) is 0.667. The summed E-state index contributed by atoms with van der Waals surface area (Å²) in [5, 5.41) is 7.33. The van der Waals surface area contributed by atoms with Gasteiger partial charge >= 0.3 is 5.97 Å². The molecule has 1 aromatic rings. The van der Waals surface area contributed by atoms with E-state index in [1.807, 2.05) is 6.07 Å². The lowest BCUT2D eigenvalue weighted by molar-refractivity contribution is -0.160. The summed E-state index contributed by atoms with van der Waals surface area (Å²) in [6.45, 7) is 8.33. The molecule has 2 fully saturated rings. The number of likely N-dealkylation sites (N-methyl/N-ethyl adjacent to an activating group) is 1. The van der Waals surface area contributed by atoms with Crippen molar-refractivity contribution in [3.63, 3.8) is 0 Å². The molecule has 0 bridgehead atoms. The first-order valence-corrected chi connectivity index (χ1v) is 11.1. The van der Waals surface area contributed by atoms with Crippen LogP contribution < -0.4 is 4.74 Å². The molecule has 3 aliphatic rings. The molecule has 0 N–H and O–H groups in total. The number of esters is 1. The maximum Gasteiger partial charge on any atom is 0.311 e. The first-order valence-electron chi connectivity index (χ1n) is 11.1. The predicted molar refractivity (Wildman–Crippen MR) is 118 cm³/mol. The van der Waals surface area contributed by atoms with Crippen LogP contribution in [-0.2, 0) is 14.9 Å². The minimum Gasteiger partial charge on any atom is -0.497 e. The van der Waals surface area contributed by atoms with Gasteiger partial charge in [-0.15, -0.1) is 0 Å². The van der Waals surface area contributed by atoms with E-state index < -0.39 is 5.41 Å². The maximum atomic E-state index is 13.0. The molecular formula is C24H35N3O3. The highest BCUT2D eigenvalue weighted by Crippen LogP contribution is 2.58. The number of fused-ring (bicyclic) bond motifs is 3. The molecule has 30 heavy (non-hydrogen) atoms. The van der Waals surface area contributed by atoms with E-state index in [2.05, 4.69) is 42.9 Å². The van der Waals surface area contributed by atoms with Gasteiger partial charge in [-0.3, -0.25) is 9.80 Å². The number of piperazine rings is 1. The van der Waals surface area contributed by atoms with Crippen LogP contribution in [0.5, 0.6) is 5.75 Å². The molecule has 0 spiro atoms. The molecular weight excluding hydrogens is 378 g/mol. The molecule has 6 heteroatoms. The fourth-order valence-electron chi connectivity index (χ4n) is 5.96. The number of rotatable bonds is 3. The second kappa shape index (κ2) is 7.88. The number of carbonyl (C=O) groups is 1. The monoisotopic (exact) mass is 413 g/mol. The molecule has 1 saturated carbocycles. The van der Waals surface area contributed by atoms with Crippen molar-refractivity contribution in [1.82, 2.24) is 9.91 Å². The number of methoxy groups -OCH3 is 2. The molecule has 1 aromatic carbocycles. The van der Waals surface area contributed by atoms with Gasteiger partial charge in [0.2, 0.25) is 0 Å². The lowest BCUT2D eigenvalue weighted by atomic mass is 9.49. The van der Waals surface area contributed by atoms with Crippen molar-refractivity contribution >= 4 is 11.7 Å². The fourth-order valence-corrected chi connectivity index (χ4v) is 5.96. The molecule has 1 heterocycles. The molecule has 1 aliphatic heterocycles. The van der Waals surface area contributed by atoms with Gasteiger partial charge in [-0.2, -0.15) is 5.10 Å². The molecule has 6 nitrogen and oxygen atoms in total. The maximum absolute atomic E-state index is 13.0. The minimum absolute atomic E-state index is 0.0938. The van der Waals surface area contributed by atoms with Crippen LogP contribution in [0.15, 0.2) is 23.3 Å². The zero-order chi connectivity index (χ0) is 21.5. The third-order valence-corrected chi connectivity index (χ3v) is 7.87. The largest absolute Gasteiger partial charge is 0.497 e. The highest BCUT2D eigenvalue weighted by Gasteiger charge is 2.57. The van der Waals surface area contributed by atoms with E-state index in [1.54, 1.807) is 7.11 Å². The van der Waals surface area contributed by atoms with Crippen LogP contribution in [0.4, 0.5) is 0 Å². The highest BCUT2D eigenvalue weighted by atomic mass is 16.5. The van der Waals surface area contributed by atoms with Gasteiger partial charge in [-0.1, -0.05) is 13.3 Å². The van der Waals surface area contributed by atoms with Crippen LogP contribution in [0.25, 0.3) is 0 Å². The Kier molecular flexibility index (Phi) is 5.56. The summed E-state index contributed by atoms with van der Waals surface area (Å²) in [6.07, 6.45) is 3.74. The van der Waals surface area contributed by atoms with Gasteiger partial charge in [0.25, 0.3) is 0 Å². The third kappa shape index (κ3) is 3.39. The number of hydrazone groups is 1. The molecule has 4 rings (SSSR count). The molecule has 0 aromatic heterocycles. The zero-order valence-electron chi connectivity index (χ0n) is 19.0. The van der Waals surface area contributed by atoms with Crippen LogP contribution >= 0.6 is 0 Å². The van der Waals surface area contributed by atoms with Crippen LogP contribution in [0.3, 0.4) is 0 Å². The van der Waals surface area contributed by atoms with E-state index in [0.29, 0.717) is 0 Å². The Labute approximate surface area is 180 Å². The number of ether oxygens (including phenoxy) is 2. The van der Waals surface area contributed by atoms with Gasteiger partial charge in [-0.25, -0.2) is 0 Å². The molecule has 0 amide bonds. The quantitative estimate of drug-likeness (QED) is 0.712. The molecule has 0 radical (unpaired) electrons. The average molecular weight is 414 g/mol. The van der Waals surface area contributed by atoms with Gasteiger partial charge in [0.1, 0.15) is 5.75 Å². The zero-order valence-corrected chi connectivity index (χ0v) is 19.0. The molecule has 3 unspecified atom stereocenters. The van der Waals surface area contributed by atoms with Crippen LogP contribution in [0, 0.1) is 11.3 Å². The summed E-state index contributed by atoms with van der Waals surface area (Å²) in [4.78, 5) is 15.3. The normalized spacial score (nSPS) is 33.0. The Hall–Kier alpha value is -2.08. The van der Waals surface area contributed by atoms with Gasteiger partial charge in [0, 0.05) is 31.7 Å². The summed E-state index contributed by atoms with van der Waals surface area (Å²) in [5.41, 5.74) is 2.96. The van der Waals surface area contributed by atoms with Crippen molar-refractivity contribution in [2.75, 3.05) is 47.4 Å². The SMILES string of the molecule is COC(=O)C1(C)CCCC2(C)c3cc(OC)ccc3C(=NN3CCN(C)CC3)CC12. The van der Waals surface area contributed by atoms with Crippen molar-refractivity contribution in [1.29, 1.82) is 0 Å². The van der Waals surface area contributed by atoms with Crippen molar-refractivity contribution < 1.29 is 14.3 Å². The Morgan fingerprint density at radius 1 is 1.13 bits per heavy atom. The summed E-state index contributed by atoms with van der Waals surface area (Å²) in [5.74, 6) is 0.917.